The molecule has 1 N–H and O–H groups in total. The van der Waals surface area contributed by atoms with Crippen LogP contribution in [0, 0.1) is 21.4 Å². The maximum Gasteiger partial charge on any atom is 0.305 e. The Morgan fingerprint density at radius 3 is 2.78 bits per heavy atom. The molecule has 0 atom stereocenters. The lowest BCUT2D eigenvalue weighted by atomic mass is 10.1. The SMILES string of the molecule is CN(CCC(=O)O)c1cc(C#N)ccc1[N+](=O)[O-]. The number of carboxylic acids is 1. The van der Waals surface area contributed by atoms with Gasteiger partial charge in [-0.2, -0.15) is 5.26 Å². The molecular formula is C11H11N3O4. The fourth-order valence-electron chi connectivity index (χ4n) is 1.44. The monoisotopic (exact) mass is 249 g/mol. The second-order valence-corrected chi connectivity index (χ2v) is 3.64. The summed E-state index contributed by atoms with van der Waals surface area (Å²) in [5.41, 5.74) is 0.375. The first-order chi connectivity index (χ1) is 8.45. The van der Waals surface area contributed by atoms with Gasteiger partial charge in [0.2, 0.25) is 0 Å². The van der Waals surface area contributed by atoms with Gasteiger partial charge in [0.15, 0.2) is 0 Å². The third-order valence-corrected chi connectivity index (χ3v) is 2.37. The number of rotatable bonds is 5. The zero-order chi connectivity index (χ0) is 13.7. The minimum Gasteiger partial charge on any atom is -0.481 e. The first-order valence-electron chi connectivity index (χ1n) is 5.07. The summed E-state index contributed by atoms with van der Waals surface area (Å²) in [6, 6.07) is 5.86. The molecule has 0 aromatic heterocycles. The number of aliphatic carboxylic acids is 1. The molecule has 0 saturated heterocycles. The Kier molecular flexibility index (Phi) is 4.21. The summed E-state index contributed by atoms with van der Waals surface area (Å²) < 4.78 is 0. The molecule has 0 unspecified atom stereocenters. The summed E-state index contributed by atoms with van der Waals surface area (Å²) in [5.74, 6) is -0.985. The van der Waals surface area contributed by atoms with Crippen LogP contribution < -0.4 is 4.90 Å². The lowest BCUT2D eigenvalue weighted by Crippen LogP contribution is -2.22. The largest absolute Gasteiger partial charge is 0.481 e. The van der Waals surface area contributed by atoms with E-state index in [9.17, 15) is 14.9 Å². The molecular weight excluding hydrogens is 238 g/mol. The number of hydrogen-bond donors (Lipinski definition) is 1. The highest BCUT2D eigenvalue weighted by molar-refractivity contribution is 5.69. The molecule has 1 aromatic carbocycles. The Bertz CT molecular complexity index is 522. The highest BCUT2D eigenvalue weighted by Crippen LogP contribution is 2.28. The number of nitro benzene ring substituents is 1. The molecule has 7 nitrogen and oxygen atoms in total. The van der Waals surface area contributed by atoms with Crippen LogP contribution in [0.3, 0.4) is 0 Å². The summed E-state index contributed by atoms with van der Waals surface area (Å²) in [6.07, 6.45) is -0.134. The number of carboxylic acid groups (broad SMARTS) is 1. The van der Waals surface area contributed by atoms with Crippen molar-refractivity contribution in [3.63, 3.8) is 0 Å². The lowest BCUT2D eigenvalue weighted by Gasteiger charge is -2.18. The normalized spacial score (nSPS) is 9.56. The molecule has 0 fully saturated rings. The Morgan fingerprint density at radius 2 is 2.28 bits per heavy atom. The van der Waals surface area contributed by atoms with Crippen molar-refractivity contribution in [3.05, 3.63) is 33.9 Å². The van der Waals surface area contributed by atoms with Gasteiger partial charge >= 0.3 is 5.97 Å². The standard InChI is InChI=1S/C11H11N3O4/c1-13(5-4-11(15)16)10-6-8(7-12)2-3-9(10)14(17)18/h2-3,6H,4-5H2,1H3,(H,15,16). The van der Waals surface area contributed by atoms with Gasteiger partial charge in [0.25, 0.3) is 5.69 Å². The average Bonchev–Trinajstić information content (AvgIpc) is 2.34. The number of nitro groups is 1. The molecule has 0 bridgehead atoms. The summed E-state index contributed by atoms with van der Waals surface area (Å²) >= 11 is 0. The van der Waals surface area contributed by atoms with Crippen LogP contribution in [0.15, 0.2) is 18.2 Å². The third kappa shape index (κ3) is 3.18. The predicted molar refractivity (Wildman–Crippen MR) is 63.3 cm³/mol. The van der Waals surface area contributed by atoms with Crippen molar-refractivity contribution in [1.82, 2.24) is 0 Å². The summed E-state index contributed by atoms with van der Waals surface area (Å²) in [6.45, 7) is 0.130. The highest BCUT2D eigenvalue weighted by Gasteiger charge is 2.18. The van der Waals surface area contributed by atoms with Crippen LogP contribution in [0.25, 0.3) is 0 Å². The van der Waals surface area contributed by atoms with Crippen LogP contribution in [0.2, 0.25) is 0 Å². The van der Waals surface area contributed by atoms with Crippen LogP contribution in [0.5, 0.6) is 0 Å². The number of nitriles is 1. The van der Waals surface area contributed by atoms with Crippen LogP contribution in [0.1, 0.15) is 12.0 Å². The second kappa shape index (κ2) is 5.63. The Morgan fingerprint density at radius 1 is 1.61 bits per heavy atom. The maximum atomic E-state index is 10.8. The highest BCUT2D eigenvalue weighted by atomic mass is 16.6. The van der Waals surface area contributed by atoms with E-state index in [1.165, 1.54) is 23.1 Å². The van der Waals surface area contributed by atoms with Crippen LogP contribution in [-0.4, -0.2) is 29.6 Å². The van der Waals surface area contributed by atoms with Gasteiger partial charge in [-0.05, 0) is 12.1 Å². The van der Waals surface area contributed by atoms with Gasteiger partial charge < -0.3 is 10.0 Å². The van der Waals surface area contributed by atoms with Crippen LogP contribution in [-0.2, 0) is 4.79 Å². The molecule has 18 heavy (non-hydrogen) atoms. The Labute approximate surface area is 103 Å². The molecule has 0 saturated carbocycles. The molecule has 0 amide bonds. The van der Waals surface area contributed by atoms with E-state index < -0.39 is 10.9 Å². The fourth-order valence-corrected chi connectivity index (χ4v) is 1.44. The van der Waals surface area contributed by atoms with Gasteiger partial charge in [0, 0.05) is 19.7 Å². The molecule has 1 aromatic rings. The number of benzene rings is 1. The zero-order valence-electron chi connectivity index (χ0n) is 9.66. The van der Waals surface area contributed by atoms with E-state index in [1.54, 1.807) is 7.05 Å². The zero-order valence-corrected chi connectivity index (χ0v) is 9.66. The maximum absolute atomic E-state index is 10.8. The number of anilines is 1. The van der Waals surface area contributed by atoms with Crippen molar-refractivity contribution in [3.8, 4) is 6.07 Å². The molecule has 1 rings (SSSR count). The van der Waals surface area contributed by atoms with E-state index in [0.29, 0.717) is 0 Å². The number of nitrogens with zero attached hydrogens (tertiary/aromatic N) is 3. The number of carbonyl (C=O) groups is 1. The second-order valence-electron chi connectivity index (χ2n) is 3.64. The van der Waals surface area contributed by atoms with E-state index in [1.807, 2.05) is 6.07 Å². The van der Waals surface area contributed by atoms with Crippen LogP contribution in [0.4, 0.5) is 11.4 Å². The van der Waals surface area contributed by atoms with Gasteiger partial charge in [0.05, 0.1) is 23.0 Å². The first-order valence-corrected chi connectivity index (χ1v) is 5.07. The Hall–Kier alpha value is -2.62. The fraction of sp³-hybridized carbons (Fsp3) is 0.273. The van der Waals surface area contributed by atoms with E-state index in [2.05, 4.69) is 0 Å². The third-order valence-electron chi connectivity index (χ3n) is 2.37. The lowest BCUT2D eigenvalue weighted by molar-refractivity contribution is -0.384. The van der Waals surface area contributed by atoms with Crippen LogP contribution >= 0.6 is 0 Å². The molecule has 0 aliphatic heterocycles. The van der Waals surface area contributed by atoms with Gasteiger partial charge in [-0.1, -0.05) is 0 Å². The van der Waals surface area contributed by atoms with Crippen molar-refractivity contribution < 1.29 is 14.8 Å². The van der Waals surface area contributed by atoms with Crippen molar-refractivity contribution >= 4 is 17.3 Å². The Balaban J connectivity index is 3.07. The van der Waals surface area contributed by atoms with Gasteiger partial charge in [-0.25, -0.2) is 0 Å². The topological polar surface area (TPSA) is 107 Å². The smallest absolute Gasteiger partial charge is 0.305 e. The van der Waals surface area contributed by atoms with E-state index in [-0.39, 0.29) is 29.9 Å². The van der Waals surface area contributed by atoms with Gasteiger partial charge in [-0.15, -0.1) is 0 Å². The van der Waals surface area contributed by atoms with E-state index >= 15 is 0 Å². The van der Waals surface area contributed by atoms with Gasteiger partial charge in [0.1, 0.15) is 5.69 Å². The summed E-state index contributed by atoms with van der Waals surface area (Å²) in [7, 11) is 1.55. The first kappa shape index (κ1) is 13.4. The van der Waals surface area contributed by atoms with Crippen molar-refractivity contribution in [1.29, 1.82) is 5.26 Å². The van der Waals surface area contributed by atoms with Crippen molar-refractivity contribution in [2.45, 2.75) is 6.42 Å². The molecule has 0 heterocycles. The van der Waals surface area contributed by atoms with Crippen molar-refractivity contribution in [2.24, 2.45) is 0 Å². The molecule has 0 aliphatic rings. The minimum atomic E-state index is -0.985. The van der Waals surface area contributed by atoms with E-state index in [0.717, 1.165) is 0 Å². The predicted octanol–water partition coefficient (Wildman–Crippen LogP) is 1.38. The molecule has 7 heteroatoms. The average molecular weight is 249 g/mol. The summed E-state index contributed by atoms with van der Waals surface area (Å²) in [4.78, 5) is 22.2. The molecule has 0 radical (unpaired) electrons. The summed E-state index contributed by atoms with van der Waals surface area (Å²) in [5, 5.41) is 28.2. The quantitative estimate of drug-likeness (QED) is 0.623. The number of hydrogen-bond acceptors (Lipinski definition) is 5. The van der Waals surface area contributed by atoms with E-state index in [4.69, 9.17) is 10.4 Å². The molecule has 0 aliphatic carbocycles. The molecule has 94 valence electrons. The minimum absolute atomic E-state index is 0.130. The van der Waals surface area contributed by atoms with Gasteiger partial charge in [-0.3, -0.25) is 14.9 Å². The molecule has 0 spiro atoms. The van der Waals surface area contributed by atoms with Crippen molar-refractivity contribution in [2.75, 3.05) is 18.5 Å².